The zero-order valence-corrected chi connectivity index (χ0v) is 16.0. The first-order valence-corrected chi connectivity index (χ1v) is 9.98. The molecule has 0 spiro atoms. The summed E-state index contributed by atoms with van der Waals surface area (Å²) >= 11 is 5.97. The van der Waals surface area contributed by atoms with Crippen LogP contribution in [-0.2, 0) is 19.6 Å². The van der Waals surface area contributed by atoms with Crippen LogP contribution in [0.2, 0.25) is 5.02 Å². The Morgan fingerprint density at radius 1 is 1.15 bits per heavy atom. The summed E-state index contributed by atoms with van der Waals surface area (Å²) in [4.78, 5) is 16.4. The van der Waals surface area contributed by atoms with Gasteiger partial charge in [-0.05, 0) is 31.2 Å². The first kappa shape index (κ1) is 19.2. The van der Waals surface area contributed by atoms with Crippen LogP contribution >= 0.6 is 11.6 Å². The molecular formula is C18H17ClN2O5S. The molecule has 1 aliphatic rings. The Morgan fingerprint density at radius 3 is 2.63 bits per heavy atom. The predicted molar refractivity (Wildman–Crippen MR) is 101 cm³/mol. The molecule has 142 valence electrons. The number of fused-ring (bicyclic) bond motifs is 1. The lowest BCUT2D eigenvalue weighted by molar-refractivity contribution is -0.145. The normalized spacial score (nSPS) is 17.0. The molecule has 0 radical (unpaired) electrons. The summed E-state index contributed by atoms with van der Waals surface area (Å²) in [6, 6.07) is 12.5. The van der Waals surface area contributed by atoms with Crippen LogP contribution in [0.4, 0.5) is 0 Å². The monoisotopic (exact) mass is 408 g/mol. The van der Waals surface area contributed by atoms with Gasteiger partial charge in [-0.2, -0.15) is 0 Å². The van der Waals surface area contributed by atoms with Gasteiger partial charge in [0, 0.05) is 5.56 Å². The summed E-state index contributed by atoms with van der Waals surface area (Å²) < 4.78 is 37.0. The number of amidine groups is 1. The molecule has 0 bridgehead atoms. The molecular weight excluding hydrogens is 392 g/mol. The van der Waals surface area contributed by atoms with Crippen molar-refractivity contribution in [3.63, 3.8) is 0 Å². The number of hydrogen-bond donors (Lipinski definition) is 1. The quantitative estimate of drug-likeness (QED) is 0.585. The largest absolute Gasteiger partial charge is 0.488 e. The van der Waals surface area contributed by atoms with Crippen molar-refractivity contribution in [2.24, 2.45) is 4.99 Å². The van der Waals surface area contributed by atoms with E-state index in [0.717, 1.165) is 0 Å². The second-order valence-corrected chi connectivity index (χ2v) is 7.76. The highest BCUT2D eigenvalue weighted by molar-refractivity contribution is 7.90. The van der Waals surface area contributed by atoms with E-state index in [-0.39, 0.29) is 23.9 Å². The average Bonchev–Trinajstić information content (AvgIpc) is 2.90. The van der Waals surface area contributed by atoms with Crippen molar-refractivity contribution in [2.75, 3.05) is 13.2 Å². The maximum Gasteiger partial charge on any atom is 0.330 e. The maximum atomic E-state index is 12.1. The van der Waals surface area contributed by atoms with Crippen LogP contribution in [0, 0.1) is 0 Å². The van der Waals surface area contributed by atoms with Crippen LogP contribution in [0.1, 0.15) is 12.5 Å². The Hall–Kier alpha value is -2.58. The Morgan fingerprint density at radius 2 is 1.85 bits per heavy atom. The highest BCUT2D eigenvalue weighted by Crippen LogP contribution is 2.23. The number of ether oxygens (including phenoxy) is 2. The van der Waals surface area contributed by atoms with Crippen molar-refractivity contribution in [3.05, 3.63) is 59.1 Å². The number of hydrogen-bond acceptors (Lipinski definition) is 6. The van der Waals surface area contributed by atoms with Gasteiger partial charge in [0.05, 0.1) is 9.92 Å². The zero-order chi connectivity index (χ0) is 19.4. The second kappa shape index (κ2) is 7.98. The van der Waals surface area contributed by atoms with Gasteiger partial charge in [-0.3, -0.25) is 9.71 Å². The molecule has 1 N–H and O–H groups in total. The van der Waals surface area contributed by atoms with Crippen LogP contribution in [0.3, 0.4) is 0 Å². The number of halogens is 1. The van der Waals surface area contributed by atoms with Gasteiger partial charge in [-0.25, -0.2) is 13.2 Å². The van der Waals surface area contributed by atoms with Crippen molar-refractivity contribution in [1.29, 1.82) is 0 Å². The SMILES string of the molecule is C[C@H](N=C1NS(=O)(=O)c2ccccc21)C(=O)OCCOc1ccccc1Cl. The van der Waals surface area contributed by atoms with E-state index >= 15 is 0 Å². The summed E-state index contributed by atoms with van der Waals surface area (Å²) in [5, 5.41) is 0.468. The topological polar surface area (TPSA) is 94.1 Å². The van der Waals surface area contributed by atoms with Crippen molar-refractivity contribution in [2.45, 2.75) is 17.9 Å². The lowest BCUT2D eigenvalue weighted by atomic mass is 10.2. The minimum absolute atomic E-state index is 0.0154. The Bertz CT molecular complexity index is 991. The summed E-state index contributed by atoms with van der Waals surface area (Å²) in [6.45, 7) is 1.68. The third-order valence-electron chi connectivity index (χ3n) is 3.75. The molecule has 2 aromatic rings. The average molecular weight is 409 g/mol. The first-order chi connectivity index (χ1) is 12.9. The van der Waals surface area contributed by atoms with E-state index in [2.05, 4.69) is 9.71 Å². The molecule has 0 aromatic heterocycles. The molecule has 7 nitrogen and oxygen atoms in total. The third kappa shape index (κ3) is 4.40. The van der Waals surface area contributed by atoms with E-state index in [1.807, 2.05) is 0 Å². The van der Waals surface area contributed by atoms with Gasteiger partial charge in [-0.1, -0.05) is 35.9 Å². The van der Waals surface area contributed by atoms with Gasteiger partial charge in [0.2, 0.25) is 0 Å². The van der Waals surface area contributed by atoms with Crippen molar-refractivity contribution in [3.8, 4) is 5.75 Å². The molecule has 1 heterocycles. The highest BCUT2D eigenvalue weighted by Gasteiger charge is 2.31. The summed E-state index contributed by atoms with van der Waals surface area (Å²) in [6.07, 6.45) is 0. The van der Waals surface area contributed by atoms with E-state index in [0.29, 0.717) is 16.3 Å². The summed E-state index contributed by atoms with van der Waals surface area (Å²) in [7, 11) is -3.65. The molecule has 0 aliphatic carbocycles. The van der Waals surface area contributed by atoms with Gasteiger partial charge in [0.15, 0.2) is 0 Å². The van der Waals surface area contributed by atoms with E-state index in [1.165, 1.54) is 13.0 Å². The maximum absolute atomic E-state index is 12.1. The van der Waals surface area contributed by atoms with Gasteiger partial charge in [0.1, 0.15) is 30.8 Å². The molecule has 3 rings (SSSR count). The number of sulfonamides is 1. The van der Waals surface area contributed by atoms with Gasteiger partial charge >= 0.3 is 5.97 Å². The number of carbonyl (C=O) groups is 1. The molecule has 0 saturated heterocycles. The molecule has 27 heavy (non-hydrogen) atoms. The highest BCUT2D eigenvalue weighted by atomic mass is 35.5. The Labute approximate surface area is 162 Å². The Kier molecular flexibility index (Phi) is 5.67. The molecule has 2 aromatic carbocycles. The number of rotatable bonds is 6. The molecule has 9 heteroatoms. The molecule has 1 aliphatic heterocycles. The minimum atomic E-state index is -3.65. The lowest BCUT2D eigenvalue weighted by Crippen LogP contribution is -2.27. The van der Waals surface area contributed by atoms with Crippen LogP contribution in [0.5, 0.6) is 5.75 Å². The minimum Gasteiger partial charge on any atom is -0.488 e. The van der Waals surface area contributed by atoms with Crippen molar-refractivity contribution >= 4 is 33.4 Å². The summed E-state index contributed by atoms with van der Waals surface area (Å²) in [5.41, 5.74) is 0.430. The first-order valence-electron chi connectivity index (χ1n) is 8.12. The second-order valence-electron chi connectivity index (χ2n) is 5.70. The van der Waals surface area contributed by atoms with Crippen molar-refractivity contribution < 1.29 is 22.7 Å². The predicted octanol–water partition coefficient (Wildman–Crippen LogP) is 2.39. The third-order valence-corrected chi connectivity index (χ3v) is 5.46. The van der Waals surface area contributed by atoms with Crippen molar-refractivity contribution in [1.82, 2.24) is 4.72 Å². The number of aliphatic imine (C=N–C) groups is 1. The number of para-hydroxylation sites is 1. The molecule has 0 saturated carbocycles. The van der Waals surface area contributed by atoms with Gasteiger partial charge in [-0.15, -0.1) is 0 Å². The van der Waals surface area contributed by atoms with E-state index in [4.69, 9.17) is 21.1 Å². The lowest BCUT2D eigenvalue weighted by Gasteiger charge is -2.10. The molecule has 0 fully saturated rings. The van der Waals surface area contributed by atoms with Crippen LogP contribution in [0.25, 0.3) is 0 Å². The van der Waals surface area contributed by atoms with Gasteiger partial charge < -0.3 is 9.47 Å². The van der Waals surface area contributed by atoms with E-state index < -0.39 is 22.0 Å². The number of nitrogens with zero attached hydrogens (tertiary/aromatic N) is 1. The number of esters is 1. The van der Waals surface area contributed by atoms with Crippen LogP contribution in [0.15, 0.2) is 58.4 Å². The fraction of sp³-hybridized carbons (Fsp3) is 0.222. The van der Waals surface area contributed by atoms with E-state index in [9.17, 15) is 13.2 Å². The molecule has 0 unspecified atom stereocenters. The fourth-order valence-corrected chi connectivity index (χ4v) is 3.88. The number of benzene rings is 2. The fourth-order valence-electron chi connectivity index (χ4n) is 2.45. The van der Waals surface area contributed by atoms with Gasteiger partial charge in [0.25, 0.3) is 10.0 Å². The Balaban J connectivity index is 1.57. The molecule has 0 amide bonds. The van der Waals surface area contributed by atoms with E-state index in [1.54, 1.807) is 42.5 Å². The van der Waals surface area contributed by atoms with Crippen LogP contribution in [-0.4, -0.2) is 39.5 Å². The smallest absolute Gasteiger partial charge is 0.330 e. The molecule has 1 atom stereocenters. The van der Waals surface area contributed by atoms with Crippen LogP contribution < -0.4 is 9.46 Å². The standard InChI is InChI=1S/C18H17ClN2O5S/c1-12(18(22)26-11-10-25-15-8-4-3-7-14(15)19)20-17-13-6-2-5-9-16(13)27(23,24)21-17/h2-9,12H,10-11H2,1H3,(H,20,21)/t12-/m0/s1. The summed E-state index contributed by atoms with van der Waals surface area (Å²) in [5.74, 6) is 0.0386. The number of nitrogens with one attached hydrogen (secondary N) is 1. The zero-order valence-electron chi connectivity index (χ0n) is 14.4. The number of carbonyl (C=O) groups excluding carboxylic acids is 1.